The number of fused-ring (bicyclic) bond motifs is 5. The van der Waals surface area contributed by atoms with Crippen LogP contribution in [-0.4, -0.2) is 15.0 Å². The number of aromatic nitrogens is 3. The minimum absolute atomic E-state index is 0.577. The molecule has 9 aromatic carbocycles. The minimum Gasteiger partial charge on any atom is -0.455 e. The molecule has 0 saturated heterocycles. The number of hydrogen-bond donors (Lipinski definition) is 0. The zero-order chi connectivity index (χ0) is 39.1. The van der Waals surface area contributed by atoms with Gasteiger partial charge in [-0.25, -0.2) is 15.0 Å². The van der Waals surface area contributed by atoms with Crippen LogP contribution in [0.1, 0.15) is 0 Å². The van der Waals surface area contributed by atoms with E-state index in [1.54, 1.807) is 0 Å². The van der Waals surface area contributed by atoms with E-state index in [1.807, 2.05) is 12.1 Å². The molecule has 0 amide bonds. The van der Waals surface area contributed by atoms with Gasteiger partial charge in [-0.1, -0.05) is 182 Å². The lowest BCUT2D eigenvalue weighted by Crippen LogP contribution is -2.00. The van der Waals surface area contributed by atoms with E-state index in [2.05, 4.69) is 200 Å². The van der Waals surface area contributed by atoms with Crippen LogP contribution in [0.3, 0.4) is 0 Å². The van der Waals surface area contributed by atoms with Gasteiger partial charge in [-0.2, -0.15) is 0 Å². The molecular formula is C55H35N3O. The molecule has 11 aromatic rings. The molecule has 0 aliphatic heterocycles. The van der Waals surface area contributed by atoms with Gasteiger partial charge in [-0.05, 0) is 80.2 Å². The first-order valence-electron chi connectivity index (χ1n) is 19.8. The van der Waals surface area contributed by atoms with Gasteiger partial charge in [-0.3, -0.25) is 0 Å². The fourth-order valence-electron chi connectivity index (χ4n) is 8.15. The van der Waals surface area contributed by atoms with Gasteiger partial charge >= 0.3 is 0 Å². The minimum atomic E-state index is 0.577. The summed E-state index contributed by atoms with van der Waals surface area (Å²) in [6.45, 7) is 0. The van der Waals surface area contributed by atoms with Crippen molar-refractivity contribution in [2.45, 2.75) is 0 Å². The molecule has 0 atom stereocenters. The SMILES string of the molecule is c1ccc(-c2ccc(-c3nc(-c4cccc(-c5ccccc5)c4)nc(-c4ccc5c(c4)oc4c6ccccc6c(-c6cccc(-c7ccccc7)c6)cc54)n3)cc2)cc1. The summed E-state index contributed by atoms with van der Waals surface area (Å²) in [5.74, 6) is 1.79. The molecule has 4 heteroatoms. The Morgan fingerprint density at radius 2 is 0.678 bits per heavy atom. The Kier molecular flexibility index (Phi) is 8.45. The number of benzene rings is 9. The third-order valence-electron chi connectivity index (χ3n) is 11.1. The molecule has 0 spiro atoms. The summed E-state index contributed by atoms with van der Waals surface area (Å²) in [6.07, 6.45) is 0. The van der Waals surface area contributed by atoms with Gasteiger partial charge in [0.25, 0.3) is 0 Å². The average molecular weight is 754 g/mol. The van der Waals surface area contributed by atoms with Crippen molar-refractivity contribution < 1.29 is 4.42 Å². The molecule has 276 valence electrons. The van der Waals surface area contributed by atoms with E-state index in [9.17, 15) is 0 Å². The maximum absolute atomic E-state index is 6.79. The normalized spacial score (nSPS) is 11.4. The van der Waals surface area contributed by atoms with E-state index < -0.39 is 0 Å². The highest BCUT2D eigenvalue weighted by atomic mass is 16.3. The maximum Gasteiger partial charge on any atom is 0.164 e. The highest BCUT2D eigenvalue weighted by molar-refractivity contribution is 6.19. The lowest BCUT2D eigenvalue weighted by Gasteiger charge is -2.10. The van der Waals surface area contributed by atoms with Crippen LogP contribution in [0, 0.1) is 0 Å². The summed E-state index contributed by atoms with van der Waals surface area (Å²) in [5.41, 5.74) is 13.5. The molecule has 2 heterocycles. The van der Waals surface area contributed by atoms with Crippen molar-refractivity contribution >= 4 is 32.7 Å². The van der Waals surface area contributed by atoms with E-state index in [0.717, 1.165) is 77.2 Å². The van der Waals surface area contributed by atoms with Gasteiger partial charge in [0.1, 0.15) is 11.2 Å². The molecule has 0 saturated carbocycles. The Hall–Kier alpha value is -7.95. The van der Waals surface area contributed by atoms with Gasteiger partial charge < -0.3 is 4.42 Å². The van der Waals surface area contributed by atoms with E-state index in [0.29, 0.717) is 17.5 Å². The summed E-state index contributed by atoms with van der Waals surface area (Å²) in [7, 11) is 0. The molecule has 0 radical (unpaired) electrons. The molecule has 59 heavy (non-hydrogen) atoms. The molecule has 11 rings (SSSR count). The maximum atomic E-state index is 6.79. The van der Waals surface area contributed by atoms with E-state index in [4.69, 9.17) is 19.4 Å². The van der Waals surface area contributed by atoms with E-state index >= 15 is 0 Å². The van der Waals surface area contributed by atoms with Gasteiger partial charge in [0.2, 0.25) is 0 Å². The molecular weight excluding hydrogens is 719 g/mol. The Labute approximate surface area is 341 Å². The molecule has 0 aliphatic carbocycles. The Balaban J connectivity index is 1.05. The lowest BCUT2D eigenvalue weighted by atomic mass is 9.93. The summed E-state index contributed by atoms with van der Waals surface area (Å²) < 4.78 is 6.79. The second-order valence-corrected chi connectivity index (χ2v) is 14.8. The van der Waals surface area contributed by atoms with Gasteiger partial charge in [0.15, 0.2) is 17.5 Å². The van der Waals surface area contributed by atoms with Crippen LogP contribution in [0.2, 0.25) is 0 Å². The third-order valence-corrected chi connectivity index (χ3v) is 11.1. The molecule has 0 bridgehead atoms. The first-order chi connectivity index (χ1) is 29.2. The molecule has 0 unspecified atom stereocenters. The van der Waals surface area contributed by atoms with Crippen molar-refractivity contribution in [3.05, 3.63) is 212 Å². The Bertz CT molecular complexity index is 3300. The zero-order valence-electron chi connectivity index (χ0n) is 32.0. The van der Waals surface area contributed by atoms with E-state index in [1.165, 1.54) is 16.7 Å². The summed E-state index contributed by atoms with van der Waals surface area (Å²) in [4.78, 5) is 15.3. The smallest absolute Gasteiger partial charge is 0.164 e. The number of nitrogens with zero attached hydrogens (tertiary/aromatic N) is 3. The van der Waals surface area contributed by atoms with Gasteiger partial charge in [-0.15, -0.1) is 0 Å². The van der Waals surface area contributed by atoms with Crippen molar-refractivity contribution in [3.63, 3.8) is 0 Å². The Morgan fingerprint density at radius 3 is 1.31 bits per heavy atom. The fourth-order valence-corrected chi connectivity index (χ4v) is 8.15. The fraction of sp³-hybridized carbons (Fsp3) is 0. The van der Waals surface area contributed by atoms with Crippen molar-refractivity contribution in [3.8, 4) is 78.7 Å². The van der Waals surface area contributed by atoms with Crippen molar-refractivity contribution in [2.75, 3.05) is 0 Å². The first kappa shape index (κ1) is 34.3. The largest absolute Gasteiger partial charge is 0.455 e. The van der Waals surface area contributed by atoms with Crippen LogP contribution in [-0.2, 0) is 0 Å². The van der Waals surface area contributed by atoms with Crippen LogP contribution in [0.4, 0.5) is 0 Å². The second kappa shape index (κ2) is 14.5. The molecule has 4 nitrogen and oxygen atoms in total. The molecule has 0 fully saturated rings. The third kappa shape index (κ3) is 6.43. The number of furan rings is 1. The average Bonchev–Trinajstić information content (AvgIpc) is 3.70. The highest BCUT2D eigenvalue weighted by Gasteiger charge is 2.18. The standard InChI is InChI=1S/C55H35N3O/c1-4-14-36(15-5-1)39-26-28-40(29-27-39)53-56-54(44-23-13-21-42(33-44)38-18-8-3-9-19-38)58-55(57-53)45-30-31-47-50-35-49(43-22-12-20-41(32-43)37-16-6-2-7-17-37)46-24-10-11-25-48(46)52(50)59-51(47)34-45/h1-35H. The first-order valence-corrected chi connectivity index (χ1v) is 19.8. The highest BCUT2D eigenvalue weighted by Crippen LogP contribution is 2.41. The van der Waals surface area contributed by atoms with Crippen molar-refractivity contribution in [1.29, 1.82) is 0 Å². The van der Waals surface area contributed by atoms with Crippen molar-refractivity contribution in [1.82, 2.24) is 15.0 Å². The quantitative estimate of drug-likeness (QED) is 0.163. The second-order valence-electron chi connectivity index (χ2n) is 14.8. The Morgan fingerprint density at radius 1 is 0.254 bits per heavy atom. The van der Waals surface area contributed by atoms with Crippen LogP contribution in [0.15, 0.2) is 217 Å². The lowest BCUT2D eigenvalue weighted by molar-refractivity contribution is 0.673. The van der Waals surface area contributed by atoms with Crippen molar-refractivity contribution in [2.24, 2.45) is 0 Å². The predicted molar refractivity (Wildman–Crippen MR) is 243 cm³/mol. The monoisotopic (exact) mass is 753 g/mol. The molecule has 0 aliphatic rings. The summed E-state index contributed by atoms with van der Waals surface area (Å²) in [5, 5.41) is 4.33. The molecule has 0 N–H and O–H groups in total. The van der Waals surface area contributed by atoms with Gasteiger partial charge in [0.05, 0.1) is 0 Å². The van der Waals surface area contributed by atoms with Crippen LogP contribution >= 0.6 is 0 Å². The number of hydrogen-bond acceptors (Lipinski definition) is 4. The summed E-state index contributed by atoms with van der Waals surface area (Å²) >= 11 is 0. The zero-order valence-corrected chi connectivity index (χ0v) is 32.0. The number of rotatable bonds is 7. The van der Waals surface area contributed by atoms with Crippen LogP contribution in [0.5, 0.6) is 0 Å². The predicted octanol–water partition coefficient (Wildman–Crippen LogP) is 14.6. The topological polar surface area (TPSA) is 51.8 Å². The summed E-state index contributed by atoms with van der Waals surface area (Å²) in [6, 6.07) is 74.0. The molecule has 2 aromatic heterocycles. The van der Waals surface area contributed by atoms with Gasteiger partial charge in [0, 0.05) is 32.8 Å². The van der Waals surface area contributed by atoms with Crippen LogP contribution < -0.4 is 0 Å². The van der Waals surface area contributed by atoms with Crippen LogP contribution in [0.25, 0.3) is 111 Å². The van der Waals surface area contributed by atoms with E-state index in [-0.39, 0.29) is 0 Å².